The van der Waals surface area contributed by atoms with Gasteiger partial charge in [-0.2, -0.15) is 5.10 Å². The van der Waals surface area contributed by atoms with E-state index in [2.05, 4.69) is 17.4 Å². The lowest BCUT2D eigenvalue weighted by molar-refractivity contribution is 0.877. The summed E-state index contributed by atoms with van der Waals surface area (Å²) in [6.45, 7) is 0. The third kappa shape index (κ3) is 1.15. The lowest BCUT2D eigenvalue weighted by Gasteiger charge is -1.97. The summed E-state index contributed by atoms with van der Waals surface area (Å²) in [4.78, 5) is 0. The fourth-order valence-corrected chi connectivity index (χ4v) is 0.915. The van der Waals surface area contributed by atoms with Gasteiger partial charge >= 0.3 is 0 Å². The summed E-state index contributed by atoms with van der Waals surface area (Å²) in [5.41, 5.74) is 1.03. The van der Waals surface area contributed by atoms with Gasteiger partial charge in [0.05, 0.1) is 5.69 Å². The predicted octanol–water partition coefficient (Wildman–Crippen LogP) is 1.47. The molecule has 0 spiro atoms. The number of rotatable bonds is 1. The minimum absolute atomic E-state index is 1.03. The number of hydrogen-bond donors (Lipinski definition) is 0. The van der Waals surface area contributed by atoms with E-state index in [1.165, 1.54) is 0 Å². The van der Waals surface area contributed by atoms with Gasteiger partial charge in [-0.05, 0) is 12.1 Å². The van der Waals surface area contributed by atoms with Gasteiger partial charge in [0.25, 0.3) is 0 Å². The van der Waals surface area contributed by atoms with E-state index in [9.17, 15) is 0 Å². The van der Waals surface area contributed by atoms with Crippen LogP contribution in [0.5, 0.6) is 0 Å². The molecule has 0 atom stereocenters. The molecule has 2 nitrogen and oxygen atoms in total. The van der Waals surface area contributed by atoms with Crippen molar-refractivity contribution in [1.82, 2.24) is 9.78 Å². The Morgan fingerprint density at radius 1 is 1.18 bits per heavy atom. The third-order valence-electron chi connectivity index (χ3n) is 1.43. The first-order valence-corrected chi connectivity index (χ1v) is 3.35. The third-order valence-corrected chi connectivity index (χ3v) is 1.43. The van der Waals surface area contributed by atoms with E-state index < -0.39 is 0 Å². The van der Waals surface area contributed by atoms with E-state index in [0.29, 0.717) is 0 Å². The second kappa shape index (κ2) is 2.58. The average Bonchev–Trinajstić information content (AvgIpc) is 2.58. The highest BCUT2D eigenvalue weighted by molar-refractivity contribution is 5.29. The van der Waals surface area contributed by atoms with Crippen LogP contribution in [0.25, 0.3) is 5.69 Å². The van der Waals surface area contributed by atoms with E-state index in [-0.39, 0.29) is 0 Å². The van der Waals surface area contributed by atoms with E-state index in [1.54, 1.807) is 10.9 Å². The largest absolute Gasteiger partial charge is 0.240 e. The maximum Gasteiger partial charge on any atom is 0.122 e. The van der Waals surface area contributed by atoms with Gasteiger partial charge in [0.15, 0.2) is 0 Å². The molecule has 52 valence electrons. The molecule has 1 aromatic heterocycles. The molecular formula is C9H6N2. The van der Waals surface area contributed by atoms with Gasteiger partial charge in [0, 0.05) is 12.3 Å². The van der Waals surface area contributed by atoms with Crippen molar-refractivity contribution in [3.8, 4) is 5.69 Å². The zero-order valence-corrected chi connectivity index (χ0v) is 5.86. The van der Waals surface area contributed by atoms with Crippen molar-refractivity contribution in [1.29, 1.82) is 0 Å². The Kier molecular flexibility index (Phi) is 1.44. The summed E-state index contributed by atoms with van der Waals surface area (Å²) < 4.78 is 1.72. The van der Waals surface area contributed by atoms with Crippen molar-refractivity contribution in [2.75, 3.05) is 0 Å². The molecule has 0 saturated heterocycles. The monoisotopic (exact) mass is 142 g/mol. The van der Waals surface area contributed by atoms with Crippen molar-refractivity contribution >= 4 is 0 Å². The van der Waals surface area contributed by atoms with Gasteiger partial charge in [-0.1, -0.05) is 18.2 Å². The van der Waals surface area contributed by atoms with Crippen LogP contribution in [0.2, 0.25) is 0 Å². The number of benzene rings is 1. The zero-order chi connectivity index (χ0) is 7.52. The molecule has 0 aliphatic rings. The molecular weight excluding hydrogens is 136 g/mol. The van der Waals surface area contributed by atoms with Crippen LogP contribution in [-0.4, -0.2) is 9.78 Å². The summed E-state index contributed by atoms with van der Waals surface area (Å²) in [6.07, 6.45) is 4.36. The van der Waals surface area contributed by atoms with Crippen LogP contribution in [0, 0.1) is 12.3 Å². The molecule has 0 bridgehead atoms. The molecule has 0 fully saturated rings. The summed E-state index contributed by atoms with van der Waals surface area (Å²) in [6, 6.07) is 12.6. The number of hydrogen-bond acceptors (Lipinski definition) is 1. The van der Waals surface area contributed by atoms with Crippen molar-refractivity contribution in [2.45, 2.75) is 0 Å². The molecule has 0 amide bonds. The Bertz CT molecular complexity index is 311. The molecule has 2 heteroatoms. The Hall–Kier alpha value is -1.57. The molecule has 0 saturated carbocycles. The second-order valence-electron chi connectivity index (χ2n) is 2.17. The number of nitrogens with zero attached hydrogens (tertiary/aromatic N) is 2. The van der Waals surface area contributed by atoms with Crippen LogP contribution in [0.1, 0.15) is 0 Å². The van der Waals surface area contributed by atoms with E-state index in [4.69, 9.17) is 0 Å². The van der Waals surface area contributed by atoms with Crippen molar-refractivity contribution < 1.29 is 0 Å². The standard InChI is InChI=1S/C9H6N2/c1-2-5-9(6-3-1)11-8-4-7-10-11/h1-3,5-6,8H. The van der Waals surface area contributed by atoms with Gasteiger partial charge in [0.2, 0.25) is 0 Å². The molecule has 0 aliphatic heterocycles. The minimum Gasteiger partial charge on any atom is -0.240 e. The van der Waals surface area contributed by atoms with Crippen LogP contribution in [0.3, 0.4) is 0 Å². The quantitative estimate of drug-likeness (QED) is 0.589. The minimum atomic E-state index is 1.03. The van der Waals surface area contributed by atoms with Gasteiger partial charge in [-0.3, -0.25) is 0 Å². The summed E-state index contributed by atoms with van der Waals surface area (Å²) in [7, 11) is 0. The summed E-state index contributed by atoms with van der Waals surface area (Å²) >= 11 is 0. The van der Waals surface area contributed by atoms with Crippen LogP contribution < -0.4 is 0 Å². The lowest BCUT2D eigenvalue weighted by Crippen LogP contribution is -1.92. The van der Waals surface area contributed by atoms with E-state index in [1.807, 2.05) is 30.3 Å². The maximum atomic E-state index is 3.92. The fourth-order valence-electron chi connectivity index (χ4n) is 0.915. The smallest absolute Gasteiger partial charge is 0.122 e. The number of aromatic nitrogens is 2. The highest BCUT2D eigenvalue weighted by atomic mass is 15.3. The highest BCUT2D eigenvalue weighted by Crippen LogP contribution is 2.02. The van der Waals surface area contributed by atoms with Crippen molar-refractivity contribution in [2.24, 2.45) is 0 Å². The molecule has 0 N–H and O–H groups in total. The van der Waals surface area contributed by atoms with Gasteiger partial charge < -0.3 is 0 Å². The molecule has 2 aromatic rings. The topological polar surface area (TPSA) is 17.8 Å². The Balaban J connectivity index is 2.46. The summed E-state index contributed by atoms with van der Waals surface area (Å²) in [5, 5.41) is 3.92. The van der Waals surface area contributed by atoms with E-state index in [0.717, 1.165) is 5.69 Å². The molecule has 1 aromatic carbocycles. The van der Waals surface area contributed by atoms with Gasteiger partial charge in [-0.15, -0.1) is 0 Å². The van der Waals surface area contributed by atoms with Crippen LogP contribution >= 0.6 is 0 Å². The van der Waals surface area contributed by atoms with Crippen LogP contribution in [0.15, 0.2) is 36.5 Å². The summed E-state index contributed by atoms with van der Waals surface area (Å²) in [5.74, 6) is 0. The Morgan fingerprint density at radius 2 is 2.00 bits per heavy atom. The van der Waals surface area contributed by atoms with E-state index >= 15 is 0 Å². The van der Waals surface area contributed by atoms with Crippen LogP contribution in [-0.2, 0) is 0 Å². The normalized spacial score (nSPS) is 9.82. The Labute approximate surface area is 65.1 Å². The zero-order valence-electron chi connectivity index (χ0n) is 5.86. The second-order valence-corrected chi connectivity index (χ2v) is 2.17. The lowest BCUT2D eigenvalue weighted by atomic mass is 10.3. The first-order valence-electron chi connectivity index (χ1n) is 3.35. The number of para-hydroxylation sites is 1. The highest BCUT2D eigenvalue weighted by Gasteiger charge is 1.91. The van der Waals surface area contributed by atoms with Gasteiger partial charge in [-0.25, -0.2) is 4.68 Å². The molecule has 2 rings (SSSR count). The molecule has 0 unspecified atom stereocenters. The Morgan fingerprint density at radius 3 is 2.64 bits per heavy atom. The van der Waals surface area contributed by atoms with Crippen LogP contribution in [0.4, 0.5) is 0 Å². The first kappa shape index (κ1) is 6.16. The maximum absolute atomic E-state index is 3.92. The molecule has 0 aliphatic carbocycles. The predicted molar refractivity (Wildman–Crippen MR) is 41.2 cm³/mol. The molecule has 1 heterocycles. The van der Waals surface area contributed by atoms with Crippen molar-refractivity contribution in [3.05, 3.63) is 48.8 Å². The first-order chi connectivity index (χ1) is 5.47. The van der Waals surface area contributed by atoms with Gasteiger partial charge in [0.1, 0.15) is 6.20 Å². The van der Waals surface area contributed by atoms with Crippen molar-refractivity contribution in [3.63, 3.8) is 0 Å². The fraction of sp³-hybridized carbons (Fsp3) is 0. The average molecular weight is 142 g/mol. The molecule has 2 radical (unpaired) electrons. The molecule has 11 heavy (non-hydrogen) atoms. The SMILES string of the molecule is [c]1[c]nn(-c2ccccc2)c1.